The van der Waals surface area contributed by atoms with Crippen molar-refractivity contribution in [3.63, 3.8) is 0 Å². The Morgan fingerprint density at radius 3 is 2.65 bits per heavy atom. The van der Waals surface area contributed by atoms with E-state index in [1.165, 1.54) is 12.1 Å². The molecule has 138 valence electrons. The van der Waals surface area contributed by atoms with Crippen molar-refractivity contribution < 1.29 is 23.5 Å². The van der Waals surface area contributed by atoms with Gasteiger partial charge >= 0.3 is 0 Å². The van der Waals surface area contributed by atoms with E-state index in [2.05, 4.69) is 13.2 Å². The molecule has 5 heteroatoms. The van der Waals surface area contributed by atoms with Crippen molar-refractivity contribution in [2.45, 2.75) is 51.6 Å². The van der Waals surface area contributed by atoms with E-state index >= 15 is 0 Å². The van der Waals surface area contributed by atoms with Crippen molar-refractivity contribution in [3.05, 3.63) is 48.3 Å². The van der Waals surface area contributed by atoms with Crippen molar-refractivity contribution >= 4 is 22.9 Å². The number of ketones is 3. The van der Waals surface area contributed by atoms with Crippen molar-refractivity contribution in [1.82, 2.24) is 0 Å². The largest absolute Gasteiger partial charge is 0.482 e. The third kappa shape index (κ3) is 4.75. The van der Waals surface area contributed by atoms with Crippen molar-refractivity contribution in [2.75, 3.05) is 0 Å². The number of carbonyl (C=O) groups excluding carboxylic acids is 3. The van der Waals surface area contributed by atoms with Crippen molar-refractivity contribution in [1.29, 1.82) is 0 Å². The van der Waals surface area contributed by atoms with Gasteiger partial charge in [0.15, 0.2) is 11.9 Å². The molecule has 1 unspecified atom stereocenters. The first-order chi connectivity index (χ1) is 12.3. The second kappa shape index (κ2) is 8.70. The first kappa shape index (κ1) is 19.8. The van der Waals surface area contributed by atoms with Gasteiger partial charge in [0.05, 0.1) is 5.57 Å². The average molecular weight is 358 g/mol. The summed E-state index contributed by atoms with van der Waals surface area (Å²) in [6.07, 6.45) is 1.69. The Kier molecular flexibility index (Phi) is 6.61. The number of hydrogen-bond acceptors (Lipinski definition) is 4. The predicted octanol–water partition coefficient (Wildman–Crippen LogP) is 4.22. The van der Waals surface area contributed by atoms with Crippen LogP contribution in [0.1, 0.15) is 51.0 Å². The molecule has 1 atom stereocenters. The lowest BCUT2D eigenvalue weighted by Crippen LogP contribution is -2.36. The molecule has 0 spiro atoms. The molecule has 0 heterocycles. The average Bonchev–Trinajstić information content (AvgIpc) is 2.60. The molecule has 1 aromatic carbocycles. The molecule has 1 aliphatic rings. The maximum Gasteiger partial charge on any atom is 0.206 e. The molecule has 0 amide bonds. The molecule has 1 saturated carbocycles. The van der Waals surface area contributed by atoms with Gasteiger partial charge in [-0.1, -0.05) is 20.1 Å². The monoisotopic (exact) mass is 358 g/mol. The molecule has 4 nitrogen and oxygen atoms in total. The fourth-order valence-corrected chi connectivity index (χ4v) is 2.84. The highest BCUT2D eigenvalue weighted by atomic mass is 19.1. The molecular weight excluding hydrogens is 335 g/mol. The second-order valence-electron chi connectivity index (χ2n) is 6.45. The lowest BCUT2D eigenvalue weighted by atomic mass is 9.91. The van der Waals surface area contributed by atoms with Gasteiger partial charge < -0.3 is 4.74 Å². The van der Waals surface area contributed by atoms with Crippen LogP contribution in [-0.2, 0) is 14.4 Å². The van der Waals surface area contributed by atoms with Crippen LogP contribution >= 0.6 is 0 Å². The number of benzene rings is 1. The second-order valence-corrected chi connectivity index (χ2v) is 6.45. The normalized spacial score (nSPS) is 17.3. The number of halogens is 1. The molecule has 1 aliphatic carbocycles. The quantitative estimate of drug-likeness (QED) is 0.515. The van der Waals surface area contributed by atoms with Gasteiger partial charge in [0.25, 0.3) is 0 Å². The number of Topliss-reactive ketones (excluding diaryl/α,β-unsaturated/α-hetero) is 3. The zero-order chi connectivity index (χ0) is 19.3. The van der Waals surface area contributed by atoms with E-state index in [4.69, 9.17) is 4.74 Å². The van der Waals surface area contributed by atoms with E-state index < -0.39 is 17.7 Å². The first-order valence-corrected chi connectivity index (χ1v) is 8.75. The van der Waals surface area contributed by atoms with Gasteiger partial charge in [-0.05, 0) is 37.0 Å². The van der Waals surface area contributed by atoms with Crippen LogP contribution in [0, 0.1) is 5.82 Å². The highest BCUT2D eigenvalue weighted by molar-refractivity contribution is 6.22. The van der Waals surface area contributed by atoms with E-state index in [1.54, 1.807) is 6.07 Å². The maximum atomic E-state index is 14.4. The maximum absolute atomic E-state index is 14.4. The lowest BCUT2D eigenvalue weighted by Gasteiger charge is -2.22. The number of hydrogen-bond donors (Lipinski definition) is 0. The topological polar surface area (TPSA) is 60.4 Å². The predicted molar refractivity (Wildman–Crippen MR) is 97.4 cm³/mol. The SMILES string of the molecule is C=C1C(=O)CCC(Oc2ccc(C(=C)CCC(=O)CCC)c(F)c2)C1=O. The highest BCUT2D eigenvalue weighted by Crippen LogP contribution is 2.27. The molecule has 0 aromatic heterocycles. The van der Waals surface area contributed by atoms with Crippen LogP contribution in [0.25, 0.3) is 5.57 Å². The fraction of sp³-hybridized carbons (Fsp3) is 0.381. The first-order valence-electron chi connectivity index (χ1n) is 8.75. The Bertz CT molecular complexity index is 763. The van der Waals surface area contributed by atoms with Gasteiger partial charge in [-0.15, -0.1) is 0 Å². The van der Waals surface area contributed by atoms with Crippen molar-refractivity contribution in [3.8, 4) is 5.75 Å². The summed E-state index contributed by atoms with van der Waals surface area (Å²) in [7, 11) is 0. The zero-order valence-corrected chi connectivity index (χ0v) is 15.0. The number of ether oxygens (including phenoxy) is 1. The van der Waals surface area contributed by atoms with Gasteiger partial charge in [-0.25, -0.2) is 4.39 Å². The van der Waals surface area contributed by atoms with Crippen LogP contribution in [0.3, 0.4) is 0 Å². The summed E-state index contributed by atoms with van der Waals surface area (Å²) in [6, 6.07) is 4.29. The minimum Gasteiger partial charge on any atom is -0.482 e. The van der Waals surface area contributed by atoms with Gasteiger partial charge in [0.2, 0.25) is 5.78 Å². The Hall–Kier alpha value is -2.56. The lowest BCUT2D eigenvalue weighted by molar-refractivity contribution is -0.129. The minimum absolute atomic E-state index is 0.0662. The highest BCUT2D eigenvalue weighted by Gasteiger charge is 2.32. The number of carbonyl (C=O) groups is 3. The third-order valence-corrected chi connectivity index (χ3v) is 4.39. The smallest absolute Gasteiger partial charge is 0.206 e. The Morgan fingerprint density at radius 2 is 2.00 bits per heavy atom. The Labute approximate surface area is 152 Å². The standard InChI is InChI=1S/C21H23FO4/c1-4-5-15(23)7-6-13(2)17-9-8-16(12-18(17)22)26-20-11-10-19(24)14(3)21(20)25/h8-9,12,20H,2-7,10-11H2,1H3. The molecule has 0 aliphatic heterocycles. The molecule has 0 N–H and O–H groups in total. The van der Waals surface area contributed by atoms with Crippen LogP contribution in [0.5, 0.6) is 5.75 Å². The van der Waals surface area contributed by atoms with Gasteiger partial charge in [0.1, 0.15) is 17.3 Å². The molecule has 0 radical (unpaired) electrons. The molecule has 0 bridgehead atoms. The van der Waals surface area contributed by atoms with E-state index in [0.29, 0.717) is 30.4 Å². The number of allylic oxidation sites excluding steroid dienone is 1. The molecular formula is C21H23FO4. The third-order valence-electron chi connectivity index (χ3n) is 4.39. The van der Waals surface area contributed by atoms with E-state index in [1.807, 2.05) is 6.92 Å². The minimum atomic E-state index is -0.819. The van der Waals surface area contributed by atoms with Crippen LogP contribution in [0.4, 0.5) is 4.39 Å². The summed E-state index contributed by atoms with van der Waals surface area (Å²) in [4.78, 5) is 35.1. The summed E-state index contributed by atoms with van der Waals surface area (Å²) in [5.41, 5.74) is 0.811. The van der Waals surface area contributed by atoms with Crippen LogP contribution in [0.2, 0.25) is 0 Å². The van der Waals surface area contributed by atoms with Gasteiger partial charge in [-0.2, -0.15) is 0 Å². The van der Waals surface area contributed by atoms with Crippen LogP contribution < -0.4 is 4.74 Å². The van der Waals surface area contributed by atoms with E-state index in [0.717, 1.165) is 6.42 Å². The summed E-state index contributed by atoms with van der Waals surface area (Å²) in [6.45, 7) is 9.27. The molecule has 2 rings (SSSR count). The summed E-state index contributed by atoms with van der Waals surface area (Å²) in [5.74, 6) is -0.898. The van der Waals surface area contributed by atoms with Crippen LogP contribution in [-0.4, -0.2) is 23.5 Å². The van der Waals surface area contributed by atoms with E-state index in [-0.39, 0.29) is 35.7 Å². The molecule has 0 saturated heterocycles. The van der Waals surface area contributed by atoms with Gasteiger partial charge in [-0.3, -0.25) is 14.4 Å². The molecule has 1 fully saturated rings. The summed E-state index contributed by atoms with van der Waals surface area (Å²) in [5, 5.41) is 0. The molecule has 1 aromatic rings. The molecule has 26 heavy (non-hydrogen) atoms. The zero-order valence-electron chi connectivity index (χ0n) is 15.0. The Balaban J connectivity index is 2.01. The fourth-order valence-electron chi connectivity index (χ4n) is 2.84. The van der Waals surface area contributed by atoms with Crippen LogP contribution in [0.15, 0.2) is 36.9 Å². The van der Waals surface area contributed by atoms with E-state index in [9.17, 15) is 18.8 Å². The summed E-state index contributed by atoms with van der Waals surface area (Å²) >= 11 is 0. The number of rotatable bonds is 8. The summed E-state index contributed by atoms with van der Waals surface area (Å²) < 4.78 is 19.9. The van der Waals surface area contributed by atoms with Crippen molar-refractivity contribution in [2.24, 2.45) is 0 Å². The Morgan fingerprint density at radius 1 is 1.27 bits per heavy atom. The van der Waals surface area contributed by atoms with Gasteiger partial charge in [0, 0.05) is 30.9 Å².